The summed E-state index contributed by atoms with van der Waals surface area (Å²) in [6, 6.07) is -0.535. The van der Waals surface area contributed by atoms with Gasteiger partial charge in [-0.15, -0.1) is 0 Å². The minimum Gasteiger partial charge on any atom is -0.292 e. The Hall–Kier alpha value is -0.180. The first-order chi connectivity index (χ1) is 4.45. The minimum absolute atomic E-state index is 0.0498. The van der Waals surface area contributed by atoms with Crippen LogP contribution in [-0.2, 0) is 0 Å². The summed E-state index contributed by atoms with van der Waals surface area (Å²) in [5, 5.41) is 0. The van der Waals surface area contributed by atoms with Crippen molar-refractivity contribution in [1.29, 1.82) is 0 Å². The van der Waals surface area contributed by atoms with Crippen LogP contribution < -0.4 is 0 Å². The van der Waals surface area contributed by atoms with Crippen molar-refractivity contribution in [2.75, 3.05) is 13.6 Å². The van der Waals surface area contributed by atoms with Crippen LogP contribution in [0.25, 0.3) is 0 Å². The molecule has 3 heteroatoms. The quantitative estimate of drug-likeness (QED) is 0.547. The third kappa shape index (κ3) is 1.03. The average Bonchev–Trinajstić information content (AvgIpc) is 1.58. The van der Waals surface area contributed by atoms with Crippen molar-refractivity contribution >= 4 is 0 Å². The van der Waals surface area contributed by atoms with Crippen LogP contribution in [0.2, 0.25) is 0 Å². The van der Waals surface area contributed by atoms with E-state index < -0.39 is 12.0 Å². The van der Waals surface area contributed by atoms with Crippen LogP contribution in [0.4, 0.5) is 8.78 Å². The number of rotatable bonds is 1. The first-order valence-corrected chi connectivity index (χ1v) is 3.53. The number of halogens is 2. The average molecular weight is 149 g/mol. The summed E-state index contributed by atoms with van der Waals surface area (Å²) in [5.41, 5.74) is 0. The van der Waals surface area contributed by atoms with Gasteiger partial charge in [-0.25, -0.2) is 8.78 Å². The van der Waals surface area contributed by atoms with Gasteiger partial charge in [-0.3, -0.25) is 4.90 Å². The Labute approximate surface area is 60.0 Å². The molecule has 0 spiro atoms. The van der Waals surface area contributed by atoms with Gasteiger partial charge < -0.3 is 0 Å². The molecule has 0 aliphatic carbocycles. The van der Waals surface area contributed by atoms with Crippen molar-refractivity contribution in [2.45, 2.75) is 25.8 Å². The fourth-order valence-electron chi connectivity index (χ4n) is 1.73. The molecule has 0 aromatic heterocycles. The van der Waals surface area contributed by atoms with Crippen LogP contribution >= 0.6 is 0 Å². The maximum Gasteiger partial charge on any atom is 0.275 e. The molecule has 1 aliphatic rings. The first-order valence-electron chi connectivity index (χ1n) is 3.53. The SMILES string of the molecule is CC(C)C1N(C)CC1(F)F. The molecule has 1 saturated heterocycles. The molecule has 1 aliphatic heterocycles. The van der Waals surface area contributed by atoms with Crippen LogP contribution in [0.1, 0.15) is 13.8 Å². The second kappa shape index (κ2) is 2.16. The molecule has 0 amide bonds. The lowest BCUT2D eigenvalue weighted by molar-refractivity contribution is -0.187. The maximum atomic E-state index is 12.7. The van der Waals surface area contributed by atoms with Crippen molar-refractivity contribution in [3.63, 3.8) is 0 Å². The molecule has 0 aromatic rings. The number of alkyl halides is 2. The van der Waals surface area contributed by atoms with E-state index >= 15 is 0 Å². The van der Waals surface area contributed by atoms with Crippen molar-refractivity contribution in [2.24, 2.45) is 5.92 Å². The van der Waals surface area contributed by atoms with E-state index in [0.717, 1.165) is 0 Å². The fraction of sp³-hybridized carbons (Fsp3) is 1.00. The normalized spacial score (nSPS) is 32.4. The lowest BCUT2D eigenvalue weighted by Crippen LogP contribution is -2.65. The van der Waals surface area contributed by atoms with Crippen molar-refractivity contribution < 1.29 is 8.78 Å². The van der Waals surface area contributed by atoms with E-state index in [1.165, 1.54) is 0 Å². The van der Waals surface area contributed by atoms with E-state index in [4.69, 9.17) is 0 Å². The summed E-state index contributed by atoms with van der Waals surface area (Å²) in [4.78, 5) is 1.70. The van der Waals surface area contributed by atoms with Crippen LogP contribution in [0.15, 0.2) is 0 Å². The second-order valence-corrected chi connectivity index (χ2v) is 3.37. The van der Waals surface area contributed by atoms with Gasteiger partial charge in [0.2, 0.25) is 0 Å². The zero-order valence-electron chi connectivity index (χ0n) is 6.56. The summed E-state index contributed by atoms with van der Waals surface area (Å²) >= 11 is 0. The van der Waals surface area contributed by atoms with Gasteiger partial charge >= 0.3 is 0 Å². The Morgan fingerprint density at radius 1 is 1.50 bits per heavy atom. The molecular weight excluding hydrogens is 136 g/mol. The second-order valence-electron chi connectivity index (χ2n) is 3.37. The van der Waals surface area contributed by atoms with E-state index in [9.17, 15) is 8.78 Å². The van der Waals surface area contributed by atoms with Gasteiger partial charge in [0.25, 0.3) is 5.92 Å². The zero-order chi connectivity index (χ0) is 7.94. The lowest BCUT2D eigenvalue weighted by atomic mass is 9.89. The maximum absolute atomic E-state index is 12.7. The standard InChI is InChI=1S/C7H13F2N/c1-5(2)6-7(8,9)4-10(6)3/h5-6H,4H2,1-3H3. The van der Waals surface area contributed by atoms with Crippen molar-refractivity contribution in [1.82, 2.24) is 4.90 Å². The molecule has 0 N–H and O–H groups in total. The summed E-state index contributed by atoms with van der Waals surface area (Å²) in [7, 11) is 1.74. The highest BCUT2D eigenvalue weighted by molar-refractivity contribution is 4.98. The minimum atomic E-state index is -2.44. The molecule has 0 radical (unpaired) electrons. The van der Waals surface area contributed by atoms with Crippen LogP contribution in [0.3, 0.4) is 0 Å². The number of likely N-dealkylation sites (tertiary alicyclic amines) is 1. The van der Waals surface area contributed by atoms with Gasteiger partial charge in [0.05, 0.1) is 12.6 Å². The summed E-state index contributed by atoms with van der Waals surface area (Å²) in [6.45, 7) is 3.58. The molecule has 0 saturated carbocycles. The molecule has 10 heavy (non-hydrogen) atoms. The predicted octanol–water partition coefficient (Wildman–Crippen LogP) is 1.59. The lowest BCUT2D eigenvalue weighted by Gasteiger charge is -2.47. The third-order valence-corrected chi connectivity index (χ3v) is 2.00. The molecule has 60 valence electrons. The summed E-state index contributed by atoms with van der Waals surface area (Å²) in [5.74, 6) is -2.39. The van der Waals surface area contributed by atoms with Crippen LogP contribution in [0, 0.1) is 5.92 Å². The summed E-state index contributed by atoms with van der Waals surface area (Å²) in [6.07, 6.45) is 0. The van der Waals surface area contributed by atoms with Crippen LogP contribution in [0.5, 0.6) is 0 Å². The van der Waals surface area contributed by atoms with Gasteiger partial charge in [-0.1, -0.05) is 13.8 Å². The van der Waals surface area contributed by atoms with Crippen molar-refractivity contribution in [3.8, 4) is 0 Å². The van der Waals surface area contributed by atoms with Gasteiger partial charge in [-0.2, -0.15) is 0 Å². The molecule has 0 bridgehead atoms. The van der Waals surface area contributed by atoms with Crippen LogP contribution in [-0.4, -0.2) is 30.5 Å². The number of hydrogen-bond acceptors (Lipinski definition) is 1. The fourth-order valence-corrected chi connectivity index (χ4v) is 1.73. The Balaban J connectivity index is 2.57. The third-order valence-electron chi connectivity index (χ3n) is 2.00. The predicted molar refractivity (Wildman–Crippen MR) is 36.2 cm³/mol. The zero-order valence-corrected chi connectivity index (χ0v) is 6.56. The van der Waals surface area contributed by atoms with Gasteiger partial charge in [0.15, 0.2) is 0 Å². The van der Waals surface area contributed by atoms with E-state index in [1.807, 2.05) is 13.8 Å². The van der Waals surface area contributed by atoms with Crippen molar-refractivity contribution in [3.05, 3.63) is 0 Å². The molecule has 1 unspecified atom stereocenters. The number of hydrogen-bond donors (Lipinski definition) is 0. The number of nitrogens with zero attached hydrogens (tertiary/aromatic N) is 1. The van der Waals surface area contributed by atoms with Gasteiger partial charge in [0, 0.05) is 0 Å². The molecule has 1 nitrogen and oxygen atoms in total. The Morgan fingerprint density at radius 3 is 2.10 bits per heavy atom. The largest absolute Gasteiger partial charge is 0.292 e. The Morgan fingerprint density at radius 2 is 2.00 bits per heavy atom. The molecule has 1 atom stereocenters. The summed E-state index contributed by atoms with van der Waals surface area (Å²) < 4.78 is 25.3. The topological polar surface area (TPSA) is 3.24 Å². The highest BCUT2D eigenvalue weighted by atomic mass is 19.3. The van der Waals surface area contributed by atoms with E-state index in [2.05, 4.69) is 0 Å². The van der Waals surface area contributed by atoms with E-state index in [1.54, 1.807) is 11.9 Å². The Kier molecular flexibility index (Phi) is 1.71. The molecule has 1 heterocycles. The highest BCUT2D eigenvalue weighted by Crippen LogP contribution is 2.37. The highest BCUT2D eigenvalue weighted by Gasteiger charge is 2.53. The smallest absolute Gasteiger partial charge is 0.275 e. The molecule has 1 rings (SSSR count). The van der Waals surface area contributed by atoms with Gasteiger partial charge in [0.1, 0.15) is 0 Å². The van der Waals surface area contributed by atoms with Gasteiger partial charge in [-0.05, 0) is 13.0 Å². The monoisotopic (exact) mass is 149 g/mol. The first kappa shape index (κ1) is 7.92. The Bertz CT molecular complexity index is 129. The van der Waals surface area contributed by atoms with E-state index in [0.29, 0.717) is 0 Å². The molecule has 0 aromatic carbocycles. The molecular formula is C7H13F2N. The molecule has 1 fully saturated rings. The van der Waals surface area contributed by atoms with E-state index in [-0.39, 0.29) is 12.5 Å².